The van der Waals surface area contributed by atoms with Crippen molar-refractivity contribution >= 4 is 23.8 Å². The first-order chi connectivity index (χ1) is 13.6. The Balaban J connectivity index is 2.51. The zero-order valence-corrected chi connectivity index (χ0v) is 17.2. The fourth-order valence-corrected chi connectivity index (χ4v) is 2.50. The molecular weight excluding hydrogens is 376 g/mol. The molecule has 0 aliphatic carbocycles. The van der Waals surface area contributed by atoms with Gasteiger partial charge in [-0.05, 0) is 17.4 Å². The van der Waals surface area contributed by atoms with Crippen molar-refractivity contribution in [3.63, 3.8) is 0 Å². The van der Waals surface area contributed by atoms with Gasteiger partial charge in [-0.25, -0.2) is 4.79 Å². The van der Waals surface area contributed by atoms with Crippen LogP contribution in [0.3, 0.4) is 0 Å². The van der Waals surface area contributed by atoms with Gasteiger partial charge in [-0.2, -0.15) is 0 Å². The van der Waals surface area contributed by atoms with Crippen LogP contribution in [0.2, 0.25) is 0 Å². The van der Waals surface area contributed by atoms with Crippen LogP contribution in [0.4, 0.5) is 4.79 Å². The van der Waals surface area contributed by atoms with E-state index in [4.69, 9.17) is 10.5 Å². The Bertz CT molecular complexity index is 706. The molecule has 9 nitrogen and oxygen atoms in total. The lowest BCUT2D eigenvalue weighted by molar-refractivity contribution is -0.132. The number of amides is 4. The van der Waals surface area contributed by atoms with Crippen LogP contribution in [0.25, 0.3) is 0 Å². The maximum absolute atomic E-state index is 12.5. The molecule has 1 aromatic carbocycles. The molecule has 2 atom stereocenters. The number of alkyl carbamates (subject to hydrolysis) is 1. The van der Waals surface area contributed by atoms with Crippen molar-refractivity contribution in [2.45, 2.75) is 46.4 Å². The van der Waals surface area contributed by atoms with E-state index in [9.17, 15) is 19.2 Å². The van der Waals surface area contributed by atoms with E-state index in [0.717, 1.165) is 5.56 Å². The van der Waals surface area contributed by atoms with E-state index in [0.29, 0.717) is 0 Å². The Kier molecular flexibility index (Phi) is 9.64. The summed E-state index contributed by atoms with van der Waals surface area (Å²) in [4.78, 5) is 47.9. The van der Waals surface area contributed by atoms with E-state index in [-0.39, 0.29) is 25.0 Å². The second-order valence-electron chi connectivity index (χ2n) is 7.34. The minimum absolute atomic E-state index is 0.0784. The minimum Gasteiger partial charge on any atom is -0.445 e. The van der Waals surface area contributed by atoms with Crippen LogP contribution in [0.15, 0.2) is 30.3 Å². The Morgan fingerprint density at radius 2 is 1.52 bits per heavy atom. The number of rotatable bonds is 10. The molecule has 0 saturated carbocycles. The summed E-state index contributed by atoms with van der Waals surface area (Å²) in [5, 5.41) is 7.46. The number of hydrogen-bond donors (Lipinski definition) is 4. The summed E-state index contributed by atoms with van der Waals surface area (Å²) in [5.74, 6) is -2.16. The van der Waals surface area contributed by atoms with Gasteiger partial charge in [0.2, 0.25) is 17.7 Å². The van der Waals surface area contributed by atoms with Gasteiger partial charge in [-0.15, -0.1) is 0 Å². The summed E-state index contributed by atoms with van der Waals surface area (Å²) in [6.45, 7) is 6.73. The normalized spacial score (nSPS) is 12.8. The Hall–Kier alpha value is -3.10. The largest absolute Gasteiger partial charge is 0.445 e. The van der Waals surface area contributed by atoms with Gasteiger partial charge in [-0.1, -0.05) is 58.0 Å². The molecule has 0 aromatic heterocycles. The number of primary amides is 1. The number of benzene rings is 1. The standard InChI is InChI=1S/C20H30N4O5/c1-12(2)16(18(21)26)24-19(27)17(13(3)4)23-15(25)10-22-20(28)29-11-14-8-6-5-7-9-14/h5-9,12-13,16-17H,10-11H2,1-4H3,(H2,21,26)(H,22,28)(H,23,25)(H,24,27)/t16-,17-/m0/s1. The topological polar surface area (TPSA) is 140 Å². The van der Waals surface area contributed by atoms with Crippen molar-refractivity contribution in [2.24, 2.45) is 17.6 Å². The van der Waals surface area contributed by atoms with E-state index in [1.165, 1.54) is 0 Å². The average Bonchev–Trinajstić information content (AvgIpc) is 2.66. The lowest BCUT2D eigenvalue weighted by Crippen LogP contribution is -2.57. The van der Waals surface area contributed by atoms with Gasteiger partial charge in [0, 0.05) is 0 Å². The summed E-state index contributed by atoms with van der Waals surface area (Å²) in [6, 6.07) is 7.39. The third-order valence-electron chi connectivity index (χ3n) is 4.14. The zero-order chi connectivity index (χ0) is 22.0. The smallest absolute Gasteiger partial charge is 0.407 e. The fraction of sp³-hybridized carbons (Fsp3) is 0.500. The van der Waals surface area contributed by atoms with Gasteiger partial charge >= 0.3 is 6.09 Å². The first kappa shape index (κ1) is 23.9. The summed E-state index contributed by atoms with van der Waals surface area (Å²) < 4.78 is 5.02. The first-order valence-corrected chi connectivity index (χ1v) is 9.45. The van der Waals surface area contributed by atoms with Crippen LogP contribution in [0.5, 0.6) is 0 Å². The van der Waals surface area contributed by atoms with E-state index >= 15 is 0 Å². The molecule has 1 rings (SSSR count). The molecule has 0 unspecified atom stereocenters. The number of nitrogens with one attached hydrogen (secondary N) is 3. The number of ether oxygens (including phenoxy) is 1. The van der Waals surface area contributed by atoms with E-state index in [1.807, 2.05) is 30.3 Å². The third kappa shape index (κ3) is 8.63. The van der Waals surface area contributed by atoms with Crippen LogP contribution in [0, 0.1) is 11.8 Å². The molecule has 160 valence electrons. The summed E-state index contributed by atoms with van der Waals surface area (Å²) >= 11 is 0. The lowest BCUT2D eigenvalue weighted by Gasteiger charge is -2.26. The van der Waals surface area contributed by atoms with Gasteiger partial charge in [0.1, 0.15) is 25.2 Å². The van der Waals surface area contributed by atoms with Crippen molar-refractivity contribution < 1.29 is 23.9 Å². The molecule has 0 fully saturated rings. The van der Waals surface area contributed by atoms with Crippen molar-refractivity contribution in [3.8, 4) is 0 Å². The molecule has 0 radical (unpaired) electrons. The molecule has 0 aliphatic rings. The molecule has 5 N–H and O–H groups in total. The second-order valence-corrected chi connectivity index (χ2v) is 7.34. The first-order valence-electron chi connectivity index (χ1n) is 9.45. The number of carbonyl (C=O) groups is 4. The highest BCUT2D eigenvalue weighted by Gasteiger charge is 2.29. The summed E-state index contributed by atoms with van der Waals surface area (Å²) in [6.07, 6.45) is -0.747. The van der Waals surface area contributed by atoms with Gasteiger partial charge in [0.15, 0.2) is 0 Å². The quantitative estimate of drug-likeness (QED) is 0.452. The van der Waals surface area contributed by atoms with Crippen molar-refractivity contribution in [1.82, 2.24) is 16.0 Å². The van der Waals surface area contributed by atoms with Crippen molar-refractivity contribution in [3.05, 3.63) is 35.9 Å². The molecule has 1 aromatic rings. The molecule has 0 aliphatic heterocycles. The molecule has 4 amide bonds. The molecule has 29 heavy (non-hydrogen) atoms. The fourth-order valence-electron chi connectivity index (χ4n) is 2.50. The highest BCUT2D eigenvalue weighted by molar-refractivity contribution is 5.92. The van der Waals surface area contributed by atoms with Crippen molar-refractivity contribution in [1.29, 1.82) is 0 Å². The Morgan fingerprint density at radius 1 is 0.931 bits per heavy atom. The Morgan fingerprint density at radius 3 is 2.03 bits per heavy atom. The lowest BCUT2D eigenvalue weighted by atomic mass is 10.00. The van der Waals surface area contributed by atoms with Gasteiger partial charge in [-0.3, -0.25) is 14.4 Å². The zero-order valence-electron chi connectivity index (χ0n) is 17.2. The highest BCUT2D eigenvalue weighted by Crippen LogP contribution is 2.06. The minimum atomic E-state index is -0.884. The predicted octanol–water partition coefficient (Wildman–Crippen LogP) is 0.680. The van der Waals surface area contributed by atoms with Gasteiger partial charge < -0.3 is 26.4 Å². The maximum Gasteiger partial charge on any atom is 0.407 e. The third-order valence-corrected chi connectivity index (χ3v) is 4.14. The monoisotopic (exact) mass is 406 g/mol. The van der Waals surface area contributed by atoms with Crippen LogP contribution in [-0.2, 0) is 25.7 Å². The number of carbonyl (C=O) groups excluding carboxylic acids is 4. The SMILES string of the molecule is CC(C)[C@H](NC(=O)[C@@H](NC(=O)CNC(=O)OCc1ccccc1)C(C)C)C(N)=O. The van der Waals surface area contributed by atoms with Crippen molar-refractivity contribution in [2.75, 3.05) is 6.54 Å². The van der Waals surface area contributed by atoms with E-state index in [1.54, 1.807) is 27.7 Å². The molecular formula is C20H30N4O5. The van der Waals surface area contributed by atoms with Crippen LogP contribution in [-0.4, -0.2) is 42.4 Å². The predicted molar refractivity (Wildman–Crippen MR) is 107 cm³/mol. The summed E-state index contributed by atoms with van der Waals surface area (Å²) in [5.41, 5.74) is 6.13. The maximum atomic E-state index is 12.5. The highest BCUT2D eigenvalue weighted by atomic mass is 16.5. The van der Waals surface area contributed by atoms with Gasteiger partial charge in [0.25, 0.3) is 0 Å². The molecule has 0 bridgehead atoms. The van der Waals surface area contributed by atoms with Crippen LogP contribution < -0.4 is 21.7 Å². The van der Waals surface area contributed by atoms with E-state index in [2.05, 4.69) is 16.0 Å². The van der Waals surface area contributed by atoms with Crippen LogP contribution in [0.1, 0.15) is 33.3 Å². The number of nitrogens with two attached hydrogens (primary N) is 1. The Labute approximate surface area is 170 Å². The molecule has 9 heteroatoms. The number of hydrogen-bond acceptors (Lipinski definition) is 5. The van der Waals surface area contributed by atoms with E-state index < -0.39 is 35.9 Å². The molecule has 0 saturated heterocycles. The van der Waals surface area contributed by atoms with Crippen LogP contribution >= 0.6 is 0 Å². The average molecular weight is 406 g/mol. The summed E-state index contributed by atoms with van der Waals surface area (Å²) in [7, 11) is 0. The molecule has 0 spiro atoms. The van der Waals surface area contributed by atoms with Gasteiger partial charge in [0.05, 0.1) is 0 Å². The molecule has 0 heterocycles. The second kappa shape index (κ2) is 11.7.